The number of thioether (sulfide) groups is 1. The van der Waals surface area contributed by atoms with Crippen molar-refractivity contribution in [2.45, 2.75) is 50.3 Å². The number of urea groups is 1. The van der Waals surface area contributed by atoms with E-state index in [1.54, 1.807) is 11.8 Å². The molecule has 1 rings (SSSR count). The smallest absolute Gasteiger partial charge is 0.326 e. The number of carbonyl (C=O) groups excluding carboxylic acids is 1. The lowest BCUT2D eigenvalue weighted by atomic mass is 10.1. The van der Waals surface area contributed by atoms with Crippen molar-refractivity contribution in [3.8, 4) is 0 Å². The van der Waals surface area contributed by atoms with Gasteiger partial charge in [-0.1, -0.05) is 12.8 Å². The number of carboxylic acid groups (broad SMARTS) is 1. The van der Waals surface area contributed by atoms with Crippen LogP contribution in [0.5, 0.6) is 0 Å². The molecule has 1 fully saturated rings. The summed E-state index contributed by atoms with van der Waals surface area (Å²) in [5.41, 5.74) is 0. The largest absolute Gasteiger partial charge is 0.480 e. The van der Waals surface area contributed by atoms with E-state index in [0.29, 0.717) is 19.5 Å². The van der Waals surface area contributed by atoms with E-state index in [1.165, 1.54) is 4.90 Å². The molecule has 1 atom stereocenters. The van der Waals surface area contributed by atoms with Gasteiger partial charge in [-0.05, 0) is 32.9 Å². The van der Waals surface area contributed by atoms with E-state index in [-0.39, 0.29) is 10.8 Å². The molecule has 19 heavy (non-hydrogen) atoms. The lowest BCUT2D eigenvalue weighted by Crippen LogP contribution is -2.51. The van der Waals surface area contributed by atoms with E-state index < -0.39 is 12.0 Å². The van der Waals surface area contributed by atoms with Gasteiger partial charge in [0.25, 0.3) is 0 Å². The minimum Gasteiger partial charge on any atom is -0.480 e. The highest BCUT2D eigenvalue weighted by Crippen LogP contribution is 2.21. The van der Waals surface area contributed by atoms with Crippen LogP contribution < -0.4 is 5.32 Å². The van der Waals surface area contributed by atoms with Crippen LogP contribution in [0.2, 0.25) is 0 Å². The average molecular weight is 288 g/mol. The van der Waals surface area contributed by atoms with Crippen LogP contribution in [0, 0.1) is 0 Å². The van der Waals surface area contributed by atoms with Crippen LogP contribution in [-0.2, 0) is 4.79 Å². The molecule has 110 valence electrons. The zero-order valence-corrected chi connectivity index (χ0v) is 12.8. The summed E-state index contributed by atoms with van der Waals surface area (Å²) in [6, 6.07) is -0.934. The average Bonchev–Trinajstić information content (AvgIpc) is 2.61. The number of carbonyl (C=O) groups is 2. The topological polar surface area (TPSA) is 69.6 Å². The molecule has 0 aromatic rings. The third kappa shape index (κ3) is 4.93. The van der Waals surface area contributed by atoms with Crippen molar-refractivity contribution in [1.82, 2.24) is 10.2 Å². The molecule has 1 saturated heterocycles. The molecular formula is C13H24N2O3S. The van der Waals surface area contributed by atoms with E-state index in [9.17, 15) is 14.7 Å². The maximum absolute atomic E-state index is 12.2. The highest BCUT2D eigenvalue weighted by Gasteiger charge is 2.31. The zero-order valence-electron chi connectivity index (χ0n) is 11.9. The summed E-state index contributed by atoms with van der Waals surface area (Å²) in [6.45, 7) is 5.17. The van der Waals surface area contributed by atoms with Crippen LogP contribution in [0.4, 0.5) is 4.79 Å². The maximum atomic E-state index is 12.2. The molecule has 0 aromatic carbocycles. The Morgan fingerprint density at radius 3 is 2.63 bits per heavy atom. The number of rotatable bonds is 4. The monoisotopic (exact) mass is 288 g/mol. The Hall–Kier alpha value is -0.910. The third-order valence-electron chi connectivity index (χ3n) is 3.52. The second-order valence-corrected chi connectivity index (χ2v) is 7.03. The standard InChI is InChI=1S/C13H24N2O3S/c1-13(2,19-3)9-14-12(18)15-8-6-4-5-7-10(15)11(16)17/h10H,4-9H2,1-3H3,(H,14,18)(H,16,17). The molecule has 0 aromatic heterocycles. The van der Waals surface area contributed by atoms with Crippen molar-refractivity contribution < 1.29 is 14.7 Å². The molecule has 5 nitrogen and oxygen atoms in total. The van der Waals surface area contributed by atoms with Crippen molar-refractivity contribution in [1.29, 1.82) is 0 Å². The first kappa shape index (κ1) is 16.1. The predicted molar refractivity (Wildman–Crippen MR) is 77.6 cm³/mol. The lowest BCUT2D eigenvalue weighted by Gasteiger charge is -2.29. The van der Waals surface area contributed by atoms with Gasteiger partial charge in [0.1, 0.15) is 6.04 Å². The number of nitrogens with one attached hydrogen (secondary N) is 1. The van der Waals surface area contributed by atoms with Gasteiger partial charge in [-0.3, -0.25) is 0 Å². The Balaban J connectivity index is 2.63. The van der Waals surface area contributed by atoms with E-state index in [2.05, 4.69) is 19.2 Å². The minimum absolute atomic E-state index is 0.0414. The highest BCUT2D eigenvalue weighted by molar-refractivity contribution is 7.99. The fourth-order valence-electron chi connectivity index (χ4n) is 2.07. The summed E-state index contributed by atoms with van der Waals surface area (Å²) in [5, 5.41) is 12.1. The number of hydrogen-bond acceptors (Lipinski definition) is 3. The molecule has 2 amide bonds. The van der Waals surface area contributed by atoms with E-state index in [0.717, 1.165) is 19.3 Å². The second kappa shape index (κ2) is 7.03. The van der Waals surface area contributed by atoms with Gasteiger partial charge in [0.2, 0.25) is 0 Å². The molecule has 6 heteroatoms. The number of hydrogen-bond donors (Lipinski definition) is 2. The Bertz CT molecular complexity index is 334. The van der Waals surface area contributed by atoms with Gasteiger partial charge in [0.05, 0.1) is 0 Å². The molecule has 0 radical (unpaired) electrons. The SMILES string of the molecule is CSC(C)(C)CNC(=O)N1CCCCCC1C(=O)O. The summed E-state index contributed by atoms with van der Waals surface area (Å²) in [6.07, 6.45) is 5.29. The Labute approximate surface area is 119 Å². The summed E-state index contributed by atoms with van der Waals surface area (Å²) >= 11 is 1.68. The molecule has 1 unspecified atom stereocenters. The number of carboxylic acids is 1. The highest BCUT2D eigenvalue weighted by atomic mass is 32.2. The number of aliphatic carboxylic acids is 1. The van der Waals surface area contributed by atoms with Gasteiger partial charge >= 0.3 is 12.0 Å². The van der Waals surface area contributed by atoms with Crippen LogP contribution in [0.3, 0.4) is 0 Å². The quantitative estimate of drug-likeness (QED) is 0.832. The minimum atomic E-state index is -0.902. The fraction of sp³-hybridized carbons (Fsp3) is 0.846. The predicted octanol–water partition coefficient (Wildman–Crippen LogP) is 2.17. The van der Waals surface area contributed by atoms with Crippen molar-refractivity contribution in [2.75, 3.05) is 19.3 Å². The number of likely N-dealkylation sites (tertiary alicyclic amines) is 1. The Morgan fingerprint density at radius 2 is 2.05 bits per heavy atom. The summed E-state index contributed by atoms with van der Waals surface area (Å²) in [7, 11) is 0. The molecule has 0 bridgehead atoms. The van der Waals surface area contributed by atoms with Gasteiger partial charge in [-0.15, -0.1) is 0 Å². The maximum Gasteiger partial charge on any atom is 0.326 e. The summed E-state index contributed by atoms with van der Waals surface area (Å²) in [5.74, 6) is -0.902. The van der Waals surface area contributed by atoms with Crippen molar-refractivity contribution in [3.05, 3.63) is 0 Å². The van der Waals surface area contributed by atoms with Gasteiger partial charge in [-0.2, -0.15) is 11.8 Å². The first-order valence-corrected chi connectivity index (χ1v) is 7.92. The molecule has 2 N–H and O–H groups in total. The molecule has 0 aliphatic carbocycles. The van der Waals surface area contributed by atoms with Crippen molar-refractivity contribution >= 4 is 23.8 Å². The van der Waals surface area contributed by atoms with Gasteiger partial charge in [0.15, 0.2) is 0 Å². The van der Waals surface area contributed by atoms with Gasteiger partial charge < -0.3 is 15.3 Å². The van der Waals surface area contributed by atoms with Crippen LogP contribution in [-0.4, -0.2) is 52.1 Å². The number of amides is 2. The lowest BCUT2D eigenvalue weighted by molar-refractivity contribution is -0.142. The van der Waals surface area contributed by atoms with Crippen LogP contribution >= 0.6 is 11.8 Å². The first-order chi connectivity index (χ1) is 8.87. The first-order valence-electron chi connectivity index (χ1n) is 6.70. The third-order valence-corrected chi connectivity index (χ3v) is 4.77. The molecular weight excluding hydrogens is 264 g/mol. The number of nitrogens with zero attached hydrogens (tertiary/aromatic N) is 1. The molecule has 1 aliphatic heterocycles. The van der Waals surface area contributed by atoms with Crippen molar-refractivity contribution in [3.63, 3.8) is 0 Å². The molecule has 0 saturated carbocycles. The van der Waals surface area contributed by atoms with Crippen LogP contribution in [0.15, 0.2) is 0 Å². The van der Waals surface area contributed by atoms with Crippen LogP contribution in [0.1, 0.15) is 39.5 Å². The van der Waals surface area contributed by atoms with Crippen LogP contribution in [0.25, 0.3) is 0 Å². The Kier molecular flexibility index (Phi) is 5.97. The second-order valence-electron chi connectivity index (χ2n) is 5.52. The van der Waals surface area contributed by atoms with E-state index >= 15 is 0 Å². The normalized spacial score (nSPS) is 20.8. The van der Waals surface area contributed by atoms with Gasteiger partial charge in [-0.25, -0.2) is 9.59 Å². The molecule has 0 spiro atoms. The zero-order chi connectivity index (χ0) is 14.5. The molecule has 1 aliphatic rings. The fourth-order valence-corrected chi connectivity index (χ4v) is 2.29. The van der Waals surface area contributed by atoms with Gasteiger partial charge in [0, 0.05) is 17.8 Å². The summed E-state index contributed by atoms with van der Waals surface area (Å²) < 4.78 is -0.0414. The van der Waals surface area contributed by atoms with E-state index in [1.807, 2.05) is 6.26 Å². The van der Waals surface area contributed by atoms with E-state index in [4.69, 9.17) is 0 Å². The molecule has 1 heterocycles. The summed E-state index contributed by atoms with van der Waals surface area (Å²) in [4.78, 5) is 24.9. The Morgan fingerprint density at radius 1 is 1.37 bits per heavy atom. The van der Waals surface area contributed by atoms with Crippen molar-refractivity contribution in [2.24, 2.45) is 0 Å².